The van der Waals surface area contributed by atoms with E-state index in [0.29, 0.717) is 0 Å². The maximum atomic E-state index is 6.49. The third-order valence-corrected chi connectivity index (χ3v) is 9.01. The van der Waals surface area contributed by atoms with E-state index >= 15 is 0 Å². The van der Waals surface area contributed by atoms with Crippen molar-refractivity contribution in [1.29, 1.82) is 0 Å². The first-order chi connectivity index (χ1) is 21.8. The number of hydrogen-bond acceptors (Lipinski definition) is 4. The van der Waals surface area contributed by atoms with Gasteiger partial charge in [-0.2, -0.15) is 0 Å². The van der Waals surface area contributed by atoms with Gasteiger partial charge in [-0.1, -0.05) is 103 Å². The molecule has 5 nitrogen and oxygen atoms in total. The van der Waals surface area contributed by atoms with Crippen LogP contribution in [-0.2, 0) is 0 Å². The number of nitrogens with zero attached hydrogens (tertiary/aromatic N) is 2. The van der Waals surface area contributed by atoms with Crippen molar-refractivity contribution in [3.05, 3.63) is 150 Å². The number of amidine groups is 1. The molecule has 5 heteroatoms. The molecule has 1 aliphatic carbocycles. The van der Waals surface area contributed by atoms with E-state index in [9.17, 15) is 0 Å². The van der Waals surface area contributed by atoms with Gasteiger partial charge in [0.25, 0.3) is 0 Å². The summed E-state index contributed by atoms with van der Waals surface area (Å²) in [6.45, 7) is 0. The highest BCUT2D eigenvalue weighted by Crippen LogP contribution is 2.41. The lowest BCUT2D eigenvalue weighted by atomic mass is 9.99. The van der Waals surface area contributed by atoms with E-state index in [4.69, 9.17) is 9.41 Å². The SMILES string of the molecule is C1=C(C2=NC(c3ccccc3)NC(c3ccccc3)N2)CCC(n2c3ccccc3c3c4oc5ccccc5c4ccc32)=C1. The Morgan fingerprint density at radius 2 is 1.36 bits per heavy atom. The minimum atomic E-state index is -0.132. The van der Waals surface area contributed by atoms with Crippen LogP contribution in [0.15, 0.2) is 148 Å². The molecule has 2 unspecified atom stereocenters. The number of fused-ring (bicyclic) bond motifs is 7. The zero-order valence-corrected chi connectivity index (χ0v) is 24.1. The number of aromatic nitrogens is 1. The first-order valence-corrected chi connectivity index (χ1v) is 15.3. The van der Waals surface area contributed by atoms with Crippen molar-refractivity contribution in [3.63, 3.8) is 0 Å². The Balaban J connectivity index is 1.15. The van der Waals surface area contributed by atoms with E-state index in [1.807, 2.05) is 12.1 Å². The number of rotatable bonds is 4. The van der Waals surface area contributed by atoms with Gasteiger partial charge >= 0.3 is 0 Å². The topological polar surface area (TPSA) is 54.5 Å². The molecule has 0 bridgehead atoms. The van der Waals surface area contributed by atoms with Gasteiger partial charge in [0.05, 0.1) is 16.4 Å². The lowest BCUT2D eigenvalue weighted by Gasteiger charge is -2.33. The maximum Gasteiger partial charge on any atom is 0.145 e. The number of allylic oxidation sites excluding steroid dienone is 3. The zero-order valence-electron chi connectivity index (χ0n) is 24.1. The van der Waals surface area contributed by atoms with Crippen molar-refractivity contribution in [2.45, 2.75) is 25.2 Å². The van der Waals surface area contributed by atoms with Gasteiger partial charge in [-0.05, 0) is 59.9 Å². The number of benzene rings is 5. The zero-order chi connectivity index (χ0) is 29.0. The van der Waals surface area contributed by atoms with Crippen LogP contribution in [0.1, 0.15) is 36.3 Å². The smallest absolute Gasteiger partial charge is 0.145 e. The molecule has 212 valence electrons. The quantitative estimate of drug-likeness (QED) is 0.222. The molecule has 2 atom stereocenters. The molecule has 0 saturated carbocycles. The van der Waals surface area contributed by atoms with E-state index in [1.165, 1.54) is 38.6 Å². The van der Waals surface area contributed by atoms with Gasteiger partial charge in [-0.3, -0.25) is 5.32 Å². The Morgan fingerprint density at radius 1 is 0.636 bits per heavy atom. The predicted molar refractivity (Wildman–Crippen MR) is 180 cm³/mol. The van der Waals surface area contributed by atoms with E-state index in [-0.39, 0.29) is 12.3 Å². The monoisotopic (exact) mass is 570 g/mol. The van der Waals surface area contributed by atoms with Crippen LogP contribution in [0.25, 0.3) is 49.4 Å². The van der Waals surface area contributed by atoms with Gasteiger partial charge in [0.2, 0.25) is 0 Å². The summed E-state index contributed by atoms with van der Waals surface area (Å²) in [5, 5.41) is 12.1. The van der Waals surface area contributed by atoms with E-state index in [2.05, 4.69) is 137 Å². The fraction of sp³-hybridized carbons (Fsp3) is 0.103. The first-order valence-electron chi connectivity index (χ1n) is 15.3. The molecule has 3 heterocycles. The van der Waals surface area contributed by atoms with Gasteiger partial charge in [-0.25, -0.2) is 4.99 Å². The minimum Gasteiger partial charge on any atom is -0.455 e. The summed E-state index contributed by atoms with van der Waals surface area (Å²) in [4.78, 5) is 5.17. The molecular weight excluding hydrogens is 540 g/mol. The second-order valence-electron chi connectivity index (χ2n) is 11.6. The van der Waals surface area contributed by atoms with Crippen molar-refractivity contribution in [2.24, 2.45) is 4.99 Å². The average molecular weight is 571 g/mol. The third kappa shape index (κ3) is 4.01. The molecule has 0 radical (unpaired) electrons. The normalized spacial score (nSPS) is 18.8. The van der Waals surface area contributed by atoms with Crippen molar-refractivity contribution < 1.29 is 4.42 Å². The van der Waals surface area contributed by atoms with Crippen molar-refractivity contribution in [3.8, 4) is 0 Å². The molecule has 0 spiro atoms. The molecule has 0 amide bonds. The van der Waals surface area contributed by atoms with Gasteiger partial charge in [-0.15, -0.1) is 0 Å². The van der Waals surface area contributed by atoms with Crippen molar-refractivity contribution >= 4 is 55.3 Å². The molecular formula is C39H30N4O. The van der Waals surface area contributed by atoms with Gasteiger partial charge in [0.15, 0.2) is 0 Å². The summed E-state index contributed by atoms with van der Waals surface area (Å²) >= 11 is 0. The Bertz CT molecular complexity index is 2290. The van der Waals surface area contributed by atoms with Crippen LogP contribution < -0.4 is 10.6 Å². The largest absolute Gasteiger partial charge is 0.455 e. The summed E-state index contributed by atoms with van der Waals surface area (Å²) in [5.41, 5.74) is 9.09. The Morgan fingerprint density at radius 3 is 2.16 bits per heavy atom. The summed E-state index contributed by atoms with van der Waals surface area (Å²) in [5.74, 6) is 0.952. The molecule has 5 aromatic carbocycles. The average Bonchev–Trinajstić information content (AvgIpc) is 3.65. The molecule has 44 heavy (non-hydrogen) atoms. The van der Waals surface area contributed by atoms with E-state index < -0.39 is 0 Å². The van der Waals surface area contributed by atoms with E-state index in [0.717, 1.165) is 46.2 Å². The molecule has 2 aromatic heterocycles. The molecule has 1 aliphatic heterocycles. The lowest BCUT2D eigenvalue weighted by molar-refractivity contribution is 0.408. The van der Waals surface area contributed by atoms with Crippen LogP contribution in [0.2, 0.25) is 0 Å². The second kappa shape index (κ2) is 10.1. The lowest BCUT2D eigenvalue weighted by Crippen LogP contribution is -2.45. The fourth-order valence-corrected chi connectivity index (χ4v) is 6.90. The number of hydrogen-bond donors (Lipinski definition) is 2. The molecule has 7 aromatic rings. The van der Waals surface area contributed by atoms with Crippen LogP contribution in [0.3, 0.4) is 0 Å². The standard InChI is InChI=1S/C39H30N4O/c1-3-11-25(12-4-1)37-40-38(26-13-5-2-6-14-26)42-39(41-37)27-19-21-28(22-20-27)43-32-17-9-7-16-31(32)35-33(43)24-23-30-29-15-8-10-18-34(29)44-36(30)35/h1-19,21,23-24,37-38,40H,20,22H2,(H,41,42). The summed E-state index contributed by atoms with van der Waals surface area (Å²) in [6, 6.07) is 42.5. The molecule has 9 rings (SSSR count). The van der Waals surface area contributed by atoms with Crippen LogP contribution in [0, 0.1) is 0 Å². The molecule has 0 saturated heterocycles. The van der Waals surface area contributed by atoms with Crippen LogP contribution in [0.5, 0.6) is 0 Å². The maximum absolute atomic E-state index is 6.49. The molecule has 2 N–H and O–H groups in total. The van der Waals surface area contributed by atoms with Gasteiger partial charge < -0.3 is 14.3 Å². The Labute approximate surface area is 254 Å². The number of furan rings is 1. The van der Waals surface area contributed by atoms with Crippen LogP contribution >= 0.6 is 0 Å². The van der Waals surface area contributed by atoms with E-state index in [1.54, 1.807) is 0 Å². The number of para-hydroxylation sites is 2. The van der Waals surface area contributed by atoms with Crippen molar-refractivity contribution in [1.82, 2.24) is 15.2 Å². The van der Waals surface area contributed by atoms with Gasteiger partial charge in [0.1, 0.15) is 29.3 Å². The minimum absolute atomic E-state index is 0.0382. The summed E-state index contributed by atoms with van der Waals surface area (Å²) in [6.07, 6.45) is 6.14. The summed E-state index contributed by atoms with van der Waals surface area (Å²) < 4.78 is 8.91. The second-order valence-corrected chi connectivity index (χ2v) is 11.6. The first kappa shape index (κ1) is 25.1. The third-order valence-electron chi connectivity index (χ3n) is 9.01. The Kier molecular flexibility index (Phi) is 5.78. The predicted octanol–water partition coefficient (Wildman–Crippen LogP) is 9.24. The molecule has 2 aliphatic rings. The highest BCUT2D eigenvalue weighted by molar-refractivity contribution is 6.24. The number of aliphatic imine (C=N–C) groups is 1. The number of nitrogens with one attached hydrogen (secondary N) is 2. The fourth-order valence-electron chi connectivity index (χ4n) is 6.90. The highest BCUT2D eigenvalue weighted by Gasteiger charge is 2.27. The summed E-state index contributed by atoms with van der Waals surface area (Å²) in [7, 11) is 0. The Hall–Kier alpha value is -5.39. The van der Waals surface area contributed by atoms with Crippen LogP contribution in [-0.4, -0.2) is 10.4 Å². The molecule has 0 fully saturated rings. The van der Waals surface area contributed by atoms with Crippen LogP contribution in [0.4, 0.5) is 0 Å². The van der Waals surface area contributed by atoms with Gasteiger partial charge in [0, 0.05) is 21.9 Å². The van der Waals surface area contributed by atoms with Crippen molar-refractivity contribution in [2.75, 3.05) is 0 Å². The highest BCUT2D eigenvalue weighted by atomic mass is 16.3.